The molecular formula is C27H40O4. The van der Waals surface area contributed by atoms with Crippen molar-refractivity contribution < 1.29 is 20.1 Å². The van der Waals surface area contributed by atoms with Crippen LogP contribution in [0.4, 0.5) is 0 Å². The second-order valence-corrected chi connectivity index (χ2v) is 8.68. The van der Waals surface area contributed by atoms with Crippen LogP contribution in [0.5, 0.6) is 11.5 Å². The van der Waals surface area contributed by atoms with E-state index in [0.29, 0.717) is 18.4 Å². The van der Waals surface area contributed by atoms with Crippen LogP contribution in [-0.4, -0.2) is 21.3 Å². The minimum Gasteiger partial charge on any atom is -0.508 e. The lowest BCUT2D eigenvalue weighted by Crippen LogP contribution is -2.05. The number of hydrogen-bond donors (Lipinski definition) is 3. The summed E-state index contributed by atoms with van der Waals surface area (Å²) in [5, 5.41) is 30.6. The van der Waals surface area contributed by atoms with Gasteiger partial charge in [0, 0.05) is 5.56 Å². The van der Waals surface area contributed by atoms with Gasteiger partial charge in [0.05, 0.1) is 0 Å². The molecule has 0 amide bonds. The molecule has 0 heterocycles. The maximum absolute atomic E-state index is 11.7. The van der Waals surface area contributed by atoms with Gasteiger partial charge in [0.25, 0.3) is 0 Å². The Balaban J connectivity index is 2.82. The van der Waals surface area contributed by atoms with Gasteiger partial charge >= 0.3 is 5.97 Å². The van der Waals surface area contributed by atoms with Gasteiger partial charge in [-0.15, -0.1) is 0 Å². The predicted octanol–water partition coefficient (Wildman–Crippen LogP) is 7.49. The van der Waals surface area contributed by atoms with Gasteiger partial charge in [-0.25, -0.2) is 4.79 Å². The highest BCUT2D eigenvalue weighted by atomic mass is 16.4. The number of unbranched alkanes of at least 4 members (excludes halogenated alkanes) is 2. The summed E-state index contributed by atoms with van der Waals surface area (Å²) in [5.41, 5.74) is 4.57. The number of carbonyl (C=O) groups is 1. The summed E-state index contributed by atoms with van der Waals surface area (Å²) in [6.07, 6.45) is 14.1. The van der Waals surface area contributed by atoms with E-state index in [9.17, 15) is 20.1 Å². The third-order valence-corrected chi connectivity index (χ3v) is 5.50. The highest BCUT2D eigenvalue weighted by Crippen LogP contribution is 2.35. The Bertz CT molecular complexity index is 824. The average molecular weight is 429 g/mol. The first-order valence-corrected chi connectivity index (χ1v) is 11.4. The molecule has 4 nitrogen and oxygen atoms in total. The monoisotopic (exact) mass is 428 g/mol. The lowest BCUT2D eigenvalue weighted by molar-refractivity contribution is 0.0692. The van der Waals surface area contributed by atoms with Crippen molar-refractivity contribution >= 4 is 5.97 Å². The van der Waals surface area contributed by atoms with E-state index in [1.165, 1.54) is 17.2 Å². The van der Waals surface area contributed by atoms with Gasteiger partial charge in [0.2, 0.25) is 0 Å². The van der Waals surface area contributed by atoms with Gasteiger partial charge in [-0.3, -0.25) is 0 Å². The van der Waals surface area contributed by atoms with E-state index >= 15 is 0 Å². The van der Waals surface area contributed by atoms with Gasteiger partial charge in [-0.05, 0) is 84.3 Å². The Morgan fingerprint density at radius 1 is 0.935 bits per heavy atom. The molecule has 0 aliphatic carbocycles. The zero-order valence-corrected chi connectivity index (χ0v) is 19.9. The number of hydrogen-bond acceptors (Lipinski definition) is 3. The number of carboxylic acid groups (broad SMARTS) is 1. The number of rotatable bonds is 13. The fourth-order valence-electron chi connectivity index (χ4n) is 3.57. The molecule has 0 aromatic heterocycles. The summed E-state index contributed by atoms with van der Waals surface area (Å²) in [4.78, 5) is 11.7. The number of aromatic hydroxyl groups is 2. The molecule has 3 N–H and O–H groups in total. The average Bonchev–Trinajstić information content (AvgIpc) is 2.67. The molecule has 1 aromatic carbocycles. The molecule has 0 unspecified atom stereocenters. The number of phenols is 2. The molecule has 0 spiro atoms. The molecule has 0 aliphatic heterocycles. The first kappa shape index (κ1) is 26.5. The van der Waals surface area contributed by atoms with E-state index in [-0.39, 0.29) is 22.6 Å². The lowest BCUT2D eigenvalue weighted by Gasteiger charge is -2.14. The Labute approximate surface area is 188 Å². The van der Waals surface area contributed by atoms with Gasteiger partial charge in [-0.1, -0.05) is 54.7 Å². The van der Waals surface area contributed by atoms with E-state index in [1.807, 2.05) is 13.0 Å². The van der Waals surface area contributed by atoms with E-state index < -0.39 is 5.97 Å². The number of phenolic OH excluding ortho intramolecular Hbond substituents is 1. The van der Waals surface area contributed by atoms with Crippen LogP contribution in [0, 0.1) is 0 Å². The van der Waals surface area contributed by atoms with Crippen LogP contribution in [0.25, 0.3) is 0 Å². The highest BCUT2D eigenvalue weighted by Gasteiger charge is 2.21. The second-order valence-electron chi connectivity index (χ2n) is 8.68. The Hall–Kier alpha value is -2.49. The molecule has 0 atom stereocenters. The Morgan fingerprint density at radius 3 is 2.13 bits per heavy atom. The first-order chi connectivity index (χ1) is 14.7. The minimum absolute atomic E-state index is 0.0342. The third-order valence-electron chi connectivity index (χ3n) is 5.50. The molecule has 1 rings (SSSR count). The molecule has 0 bridgehead atoms. The Kier molecular flexibility index (Phi) is 11.8. The van der Waals surface area contributed by atoms with E-state index in [0.717, 1.165) is 50.5 Å². The maximum atomic E-state index is 11.7. The molecule has 31 heavy (non-hydrogen) atoms. The lowest BCUT2D eigenvalue weighted by atomic mass is 9.94. The number of aryl methyl sites for hydroxylation is 1. The van der Waals surface area contributed by atoms with Crippen molar-refractivity contribution in [1.29, 1.82) is 0 Å². The van der Waals surface area contributed by atoms with Gasteiger partial charge < -0.3 is 15.3 Å². The molecule has 0 fully saturated rings. The summed E-state index contributed by atoms with van der Waals surface area (Å²) in [7, 11) is 0. The number of allylic oxidation sites excluding steroid dienone is 6. The van der Waals surface area contributed by atoms with Crippen molar-refractivity contribution in [3.8, 4) is 11.5 Å². The predicted molar refractivity (Wildman–Crippen MR) is 129 cm³/mol. The van der Waals surface area contributed by atoms with Crippen molar-refractivity contribution in [2.75, 3.05) is 0 Å². The zero-order valence-electron chi connectivity index (χ0n) is 19.9. The van der Waals surface area contributed by atoms with Gasteiger partial charge in [0.1, 0.15) is 17.1 Å². The molecule has 4 heteroatoms. The molecule has 1 aromatic rings. The quantitative estimate of drug-likeness (QED) is 0.225. The Morgan fingerprint density at radius 2 is 1.55 bits per heavy atom. The van der Waals surface area contributed by atoms with Crippen LogP contribution in [0.1, 0.15) is 101 Å². The van der Waals surface area contributed by atoms with Gasteiger partial charge in [0.15, 0.2) is 0 Å². The van der Waals surface area contributed by atoms with E-state index in [4.69, 9.17) is 0 Å². The number of carboxylic acids is 1. The molecule has 0 aliphatic rings. The molecular weight excluding hydrogens is 388 g/mol. The van der Waals surface area contributed by atoms with Crippen LogP contribution >= 0.6 is 0 Å². The summed E-state index contributed by atoms with van der Waals surface area (Å²) < 4.78 is 0. The van der Waals surface area contributed by atoms with Crippen LogP contribution in [0.15, 0.2) is 41.0 Å². The summed E-state index contributed by atoms with van der Waals surface area (Å²) in [5.74, 6) is -1.49. The first-order valence-electron chi connectivity index (χ1n) is 11.4. The molecule has 172 valence electrons. The van der Waals surface area contributed by atoms with Crippen LogP contribution in [0.3, 0.4) is 0 Å². The molecule has 0 saturated heterocycles. The maximum Gasteiger partial charge on any atom is 0.339 e. The van der Waals surface area contributed by atoms with Crippen LogP contribution < -0.4 is 0 Å². The standard InChI is InChI=1S/C27H40O4/c1-6-7-8-15-22-18-24(28)23(26(29)25(22)27(30)31)17-16-21(5)14-10-13-20(4)12-9-11-19(2)3/h11,13,16,18,28-29H,6-10,12,14-15,17H2,1-5H3,(H,30,31)/b20-13+,21-16+. The normalized spacial score (nSPS) is 12.2. The second kappa shape index (κ2) is 13.7. The number of benzene rings is 1. The van der Waals surface area contributed by atoms with Crippen LogP contribution in [-0.2, 0) is 12.8 Å². The topological polar surface area (TPSA) is 77.8 Å². The van der Waals surface area contributed by atoms with Gasteiger partial charge in [-0.2, -0.15) is 0 Å². The number of aromatic carboxylic acids is 1. The van der Waals surface area contributed by atoms with E-state index in [1.54, 1.807) is 0 Å². The fraction of sp³-hybridized carbons (Fsp3) is 0.519. The van der Waals surface area contributed by atoms with Crippen molar-refractivity contribution in [2.24, 2.45) is 0 Å². The largest absolute Gasteiger partial charge is 0.508 e. The summed E-state index contributed by atoms with van der Waals surface area (Å²) >= 11 is 0. The third kappa shape index (κ3) is 9.46. The SMILES string of the molecule is CCCCCc1cc(O)c(C/C=C(\C)CC/C=C(\C)CCC=C(C)C)c(O)c1C(=O)O. The molecule has 0 saturated carbocycles. The smallest absolute Gasteiger partial charge is 0.339 e. The summed E-state index contributed by atoms with van der Waals surface area (Å²) in [6.45, 7) is 10.5. The summed E-state index contributed by atoms with van der Waals surface area (Å²) in [6, 6.07) is 1.51. The van der Waals surface area contributed by atoms with E-state index in [2.05, 4.69) is 39.8 Å². The van der Waals surface area contributed by atoms with Crippen molar-refractivity contribution in [3.05, 3.63) is 57.7 Å². The van der Waals surface area contributed by atoms with Crippen molar-refractivity contribution in [2.45, 2.75) is 92.4 Å². The van der Waals surface area contributed by atoms with Crippen molar-refractivity contribution in [3.63, 3.8) is 0 Å². The molecule has 0 radical (unpaired) electrons. The minimum atomic E-state index is -1.15. The highest BCUT2D eigenvalue weighted by molar-refractivity contribution is 5.93. The zero-order chi connectivity index (χ0) is 23.4. The van der Waals surface area contributed by atoms with Crippen molar-refractivity contribution in [1.82, 2.24) is 0 Å². The fourth-order valence-corrected chi connectivity index (χ4v) is 3.57. The van der Waals surface area contributed by atoms with Crippen LogP contribution in [0.2, 0.25) is 0 Å².